The van der Waals surface area contributed by atoms with Gasteiger partial charge in [-0.2, -0.15) is 0 Å². The number of amides is 1. The molecule has 0 fully saturated rings. The SMILES string of the molecule is C[C@H](Sc1ccc(Cl)cc1)C(=O)Nc1cccc(C(=O)c2ccc(C(C)(C)C)cc2)c1. The minimum absolute atomic E-state index is 0.0342. The molecule has 3 rings (SSSR count). The summed E-state index contributed by atoms with van der Waals surface area (Å²) >= 11 is 7.37. The van der Waals surface area contributed by atoms with Crippen LogP contribution < -0.4 is 5.32 Å². The molecule has 0 spiro atoms. The Morgan fingerprint density at radius 2 is 1.55 bits per heavy atom. The van der Waals surface area contributed by atoms with E-state index in [2.05, 4.69) is 26.1 Å². The lowest BCUT2D eigenvalue weighted by molar-refractivity contribution is -0.115. The predicted octanol–water partition coefficient (Wildman–Crippen LogP) is 6.99. The van der Waals surface area contributed by atoms with Gasteiger partial charge < -0.3 is 5.32 Å². The minimum Gasteiger partial charge on any atom is -0.325 e. The zero-order valence-corrected chi connectivity index (χ0v) is 19.7. The molecule has 3 nitrogen and oxygen atoms in total. The number of carbonyl (C=O) groups is 2. The van der Waals surface area contributed by atoms with Crippen LogP contribution in [0.5, 0.6) is 0 Å². The van der Waals surface area contributed by atoms with Crippen molar-refractivity contribution in [1.82, 2.24) is 0 Å². The molecule has 0 unspecified atom stereocenters. The number of ketones is 1. The second-order valence-electron chi connectivity index (χ2n) is 8.44. The van der Waals surface area contributed by atoms with Crippen LogP contribution in [0.15, 0.2) is 77.7 Å². The number of hydrogen-bond acceptors (Lipinski definition) is 3. The van der Waals surface area contributed by atoms with Crippen LogP contribution in [0, 0.1) is 0 Å². The Bertz CT molecular complexity index is 1070. The van der Waals surface area contributed by atoms with Crippen LogP contribution in [0.25, 0.3) is 0 Å². The van der Waals surface area contributed by atoms with E-state index in [4.69, 9.17) is 11.6 Å². The molecule has 0 saturated heterocycles. The van der Waals surface area contributed by atoms with Crippen LogP contribution in [0.4, 0.5) is 5.69 Å². The van der Waals surface area contributed by atoms with E-state index in [9.17, 15) is 9.59 Å². The summed E-state index contributed by atoms with van der Waals surface area (Å²) < 4.78 is 0. The molecule has 1 atom stereocenters. The van der Waals surface area contributed by atoms with Crippen molar-refractivity contribution >= 4 is 40.7 Å². The molecule has 0 radical (unpaired) electrons. The average molecular weight is 452 g/mol. The lowest BCUT2D eigenvalue weighted by Crippen LogP contribution is -2.22. The van der Waals surface area contributed by atoms with Crippen molar-refractivity contribution < 1.29 is 9.59 Å². The summed E-state index contributed by atoms with van der Waals surface area (Å²) in [7, 11) is 0. The van der Waals surface area contributed by atoms with Gasteiger partial charge in [0.2, 0.25) is 5.91 Å². The Morgan fingerprint density at radius 3 is 2.16 bits per heavy atom. The molecule has 0 heterocycles. The number of anilines is 1. The summed E-state index contributed by atoms with van der Waals surface area (Å²) in [5, 5.41) is 3.27. The first-order valence-electron chi connectivity index (χ1n) is 10.1. The molecule has 0 aliphatic heterocycles. The van der Waals surface area contributed by atoms with Gasteiger partial charge in [-0.3, -0.25) is 9.59 Å². The van der Waals surface area contributed by atoms with Crippen LogP contribution in [0.3, 0.4) is 0 Å². The van der Waals surface area contributed by atoms with Crippen molar-refractivity contribution in [2.75, 3.05) is 5.32 Å². The topological polar surface area (TPSA) is 46.2 Å². The normalized spacial score (nSPS) is 12.3. The van der Waals surface area contributed by atoms with Gasteiger partial charge in [0.15, 0.2) is 5.78 Å². The number of thioether (sulfide) groups is 1. The Morgan fingerprint density at radius 1 is 0.903 bits per heavy atom. The summed E-state index contributed by atoms with van der Waals surface area (Å²) in [4.78, 5) is 26.5. The number of carbonyl (C=O) groups excluding carboxylic acids is 2. The highest BCUT2D eigenvalue weighted by Gasteiger charge is 2.17. The molecule has 160 valence electrons. The van der Waals surface area contributed by atoms with Gasteiger partial charge in [-0.1, -0.05) is 68.8 Å². The highest BCUT2D eigenvalue weighted by atomic mass is 35.5. The Hall–Kier alpha value is -2.56. The van der Waals surface area contributed by atoms with E-state index in [1.807, 2.05) is 43.3 Å². The van der Waals surface area contributed by atoms with Crippen molar-refractivity contribution in [2.45, 2.75) is 43.3 Å². The van der Waals surface area contributed by atoms with Crippen molar-refractivity contribution in [3.63, 3.8) is 0 Å². The third kappa shape index (κ3) is 6.22. The third-order valence-electron chi connectivity index (χ3n) is 4.90. The summed E-state index contributed by atoms with van der Waals surface area (Å²) in [5.74, 6) is -0.195. The number of nitrogens with one attached hydrogen (secondary N) is 1. The van der Waals surface area contributed by atoms with Crippen LogP contribution in [0.1, 0.15) is 49.2 Å². The second kappa shape index (κ2) is 9.71. The largest absolute Gasteiger partial charge is 0.325 e. The van der Waals surface area contributed by atoms with Crippen molar-refractivity contribution in [3.8, 4) is 0 Å². The molecule has 5 heteroatoms. The molecule has 1 amide bonds. The standard InChI is InChI=1S/C26H26ClNO2S/c1-17(31-23-14-12-21(27)13-15-23)25(30)28-22-7-5-6-19(16-22)24(29)18-8-10-20(11-9-18)26(2,3)4/h5-17H,1-4H3,(H,28,30)/t17-/m0/s1. The van der Waals surface area contributed by atoms with E-state index < -0.39 is 0 Å². The molecular formula is C26H26ClNO2S. The summed E-state index contributed by atoms with van der Waals surface area (Å²) in [6.07, 6.45) is 0. The fourth-order valence-electron chi connectivity index (χ4n) is 3.04. The van der Waals surface area contributed by atoms with E-state index in [0.29, 0.717) is 21.8 Å². The van der Waals surface area contributed by atoms with E-state index in [-0.39, 0.29) is 22.4 Å². The van der Waals surface area contributed by atoms with Gasteiger partial charge in [0.05, 0.1) is 5.25 Å². The quantitative estimate of drug-likeness (QED) is 0.324. The van der Waals surface area contributed by atoms with Gasteiger partial charge in [0.1, 0.15) is 0 Å². The van der Waals surface area contributed by atoms with Crippen molar-refractivity contribution in [3.05, 3.63) is 94.5 Å². The highest BCUT2D eigenvalue weighted by Crippen LogP contribution is 2.26. The zero-order valence-electron chi connectivity index (χ0n) is 18.1. The molecule has 3 aromatic rings. The maximum atomic E-state index is 12.9. The van der Waals surface area contributed by atoms with Gasteiger partial charge in [-0.15, -0.1) is 11.8 Å². The van der Waals surface area contributed by atoms with Gasteiger partial charge in [-0.05, 0) is 54.3 Å². The molecule has 3 aromatic carbocycles. The Labute approximate surface area is 193 Å². The highest BCUT2D eigenvalue weighted by molar-refractivity contribution is 8.00. The molecule has 0 saturated carbocycles. The monoisotopic (exact) mass is 451 g/mol. The first-order valence-corrected chi connectivity index (χ1v) is 11.4. The van der Waals surface area contributed by atoms with E-state index in [1.165, 1.54) is 17.3 Å². The average Bonchev–Trinajstić information content (AvgIpc) is 2.74. The van der Waals surface area contributed by atoms with Gasteiger partial charge in [-0.25, -0.2) is 0 Å². The van der Waals surface area contributed by atoms with Crippen molar-refractivity contribution in [2.24, 2.45) is 0 Å². The molecule has 0 aromatic heterocycles. The first kappa shape index (κ1) is 23.1. The van der Waals surface area contributed by atoms with Crippen molar-refractivity contribution in [1.29, 1.82) is 0 Å². The summed E-state index contributed by atoms with van der Waals surface area (Å²) in [6, 6.07) is 22.2. The second-order valence-corrected chi connectivity index (χ2v) is 10.3. The maximum absolute atomic E-state index is 12.9. The minimum atomic E-state index is -0.300. The fourth-order valence-corrected chi connectivity index (χ4v) is 4.03. The number of hydrogen-bond donors (Lipinski definition) is 1. The molecule has 31 heavy (non-hydrogen) atoms. The van der Waals surface area contributed by atoms with E-state index in [1.54, 1.807) is 36.4 Å². The van der Waals surface area contributed by atoms with Crippen LogP contribution in [-0.4, -0.2) is 16.9 Å². The summed E-state index contributed by atoms with van der Waals surface area (Å²) in [5.41, 5.74) is 2.98. The number of halogens is 1. The zero-order chi connectivity index (χ0) is 22.6. The summed E-state index contributed by atoms with van der Waals surface area (Å²) in [6.45, 7) is 8.27. The van der Waals surface area contributed by atoms with Gasteiger partial charge in [0, 0.05) is 26.7 Å². The molecular weight excluding hydrogens is 426 g/mol. The number of benzene rings is 3. The molecule has 0 aliphatic carbocycles. The third-order valence-corrected chi connectivity index (χ3v) is 6.27. The first-order chi connectivity index (χ1) is 14.6. The van der Waals surface area contributed by atoms with E-state index in [0.717, 1.165) is 4.90 Å². The predicted molar refractivity (Wildman–Crippen MR) is 130 cm³/mol. The smallest absolute Gasteiger partial charge is 0.237 e. The molecule has 0 aliphatic rings. The Balaban J connectivity index is 1.68. The molecule has 0 bridgehead atoms. The fraction of sp³-hybridized carbons (Fsp3) is 0.231. The van der Waals surface area contributed by atoms with Crippen LogP contribution >= 0.6 is 23.4 Å². The Kier molecular flexibility index (Phi) is 7.24. The van der Waals surface area contributed by atoms with Crippen LogP contribution in [-0.2, 0) is 10.2 Å². The maximum Gasteiger partial charge on any atom is 0.237 e. The van der Waals surface area contributed by atoms with E-state index >= 15 is 0 Å². The van der Waals surface area contributed by atoms with Crippen LogP contribution in [0.2, 0.25) is 5.02 Å². The lowest BCUT2D eigenvalue weighted by atomic mass is 9.86. The van der Waals surface area contributed by atoms with Gasteiger partial charge in [0.25, 0.3) is 0 Å². The number of rotatable bonds is 6. The molecule has 1 N–H and O–H groups in total. The lowest BCUT2D eigenvalue weighted by Gasteiger charge is -2.19. The van der Waals surface area contributed by atoms with Gasteiger partial charge >= 0.3 is 0 Å².